The number of amides is 1. The molecule has 0 aliphatic heterocycles. The largest absolute Gasteiger partial charge is 0.467 e. The van der Waals surface area contributed by atoms with Crippen molar-refractivity contribution in [3.05, 3.63) is 48.2 Å². The number of furan rings is 1. The van der Waals surface area contributed by atoms with Gasteiger partial charge in [-0.05, 0) is 45.0 Å². The van der Waals surface area contributed by atoms with Crippen molar-refractivity contribution in [2.75, 3.05) is 4.90 Å². The molecule has 0 atom stereocenters. The predicted molar refractivity (Wildman–Crippen MR) is 83.3 cm³/mol. The zero-order valence-corrected chi connectivity index (χ0v) is 13.1. The topological polar surface area (TPSA) is 81.6 Å². The predicted octanol–water partition coefficient (Wildman–Crippen LogP) is 3.08. The van der Waals surface area contributed by atoms with Crippen LogP contribution < -0.4 is 10.6 Å². The van der Waals surface area contributed by atoms with E-state index in [1.165, 1.54) is 4.90 Å². The van der Waals surface area contributed by atoms with Crippen LogP contribution in [0.25, 0.3) is 0 Å². The van der Waals surface area contributed by atoms with E-state index >= 15 is 0 Å². The molecule has 0 saturated carbocycles. The van der Waals surface area contributed by atoms with Crippen LogP contribution in [0.4, 0.5) is 10.5 Å². The van der Waals surface area contributed by atoms with Gasteiger partial charge in [-0.25, -0.2) is 4.79 Å². The quantitative estimate of drug-likeness (QED) is 0.938. The van der Waals surface area contributed by atoms with E-state index in [1.807, 2.05) is 20.8 Å². The van der Waals surface area contributed by atoms with E-state index in [1.54, 1.807) is 36.7 Å². The molecular formula is C16H21N3O3. The summed E-state index contributed by atoms with van der Waals surface area (Å²) in [4.78, 5) is 18.2. The van der Waals surface area contributed by atoms with Crippen molar-refractivity contribution in [1.29, 1.82) is 0 Å². The van der Waals surface area contributed by atoms with Crippen molar-refractivity contribution in [3.8, 4) is 0 Å². The molecule has 1 amide bonds. The third-order valence-corrected chi connectivity index (χ3v) is 2.84. The molecular weight excluding hydrogens is 282 g/mol. The van der Waals surface area contributed by atoms with Crippen LogP contribution in [-0.2, 0) is 17.8 Å². The molecule has 0 aliphatic rings. The fraction of sp³-hybridized carbons (Fsp3) is 0.375. The van der Waals surface area contributed by atoms with Gasteiger partial charge in [0, 0.05) is 6.54 Å². The maximum Gasteiger partial charge on any atom is 0.415 e. The van der Waals surface area contributed by atoms with Crippen LogP contribution in [0.3, 0.4) is 0 Å². The van der Waals surface area contributed by atoms with Gasteiger partial charge in [0.05, 0.1) is 30.4 Å². The molecule has 2 N–H and O–H groups in total. The number of anilines is 1. The summed E-state index contributed by atoms with van der Waals surface area (Å²) in [6.45, 7) is 6.10. The molecule has 0 fully saturated rings. The third kappa shape index (κ3) is 4.33. The first-order valence-electron chi connectivity index (χ1n) is 7.07. The standard InChI is InChI=1S/C16H21N3O3/c1-16(2,3)22-15(20)19(11-14-5-4-8-21-14)13-7-6-12(9-17)18-10-13/h4-8,10H,9,11,17H2,1-3H3. The number of carbonyl (C=O) groups excluding carboxylic acids is 1. The van der Waals surface area contributed by atoms with E-state index in [0.29, 0.717) is 18.0 Å². The first-order valence-corrected chi connectivity index (χ1v) is 7.07. The second-order valence-corrected chi connectivity index (χ2v) is 5.86. The summed E-state index contributed by atoms with van der Waals surface area (Å²) in [6, 6.07) is 7.16. The van der Waals surface area contributed by atoms with Gasteiger partial charge in [-0.2, -0.15) is 0 Å². The number of rotatable bonds is 4. The molecule has 2 rings (SSSR count). The number of nitrogens with zero attached hydrogens (tertiary/aromatic N) is 2. The van der Waals surface area contributed by atoms with Gasteiger partial charge in [0.15, 0.2) is 0 Å². The molecule has 0 radical (unpaired) electrons. The van der Waals surface area contributed by atoms with E-state index in [-0.39, 0.29) is 6.54 Å². The van der Waals surface area contributed by atoms with Gasteiger partial charge in [-0.1, -0.05) is 0 Å². The average molecular weight is 303 g/mol. The van der Waals surface area contributed by atoms with Crippen LogP contribution in [0.1, 0.15) is 32.2 Å². The first kappa shape index (κ1) is 16.0. The van der Waals surface area contributed by atoms with Crippen LogP contribution in [-0.4, -0.2) is 16.7 Å². The maximum atomic E-state index is 12.4. The number of hydrogen-bond donors (Lipinski definition) is 1. The molecule has 22 heavy (non-hydrogen) atoms. The lowest BCUT2D eigenvalue weighted by Crippen LogP contribution is -2.36. The van der Waals surface area contributed by atoms with Crippen LogP contribution in [0.15, 0.2) is 41.1 Å². The number of hydrogen-bond acceptors (Lipinski definition) is 5. The number of pyridine rings is 1. The minimum atomic E-state index is -0.580. The van der Waals surface area contributed by atoms with Gasteiger partial charge in [0.2, 0.25) is 0 Å². The molecule has 6 nitrogen and oxygen atoms in total. The van der Waals surface area contributed by atoms with E-state index in [4.69, 9.17) is 14.9 Å². The highest BCUT2D eigenvalue weighted by atomic mass is 16.6. The van der Waals surface area contributed by atoms with Crippen molar-refractivity contribution < 1.29 is 13.9 Å². The summed E-state index contributed by atoms with van der Waals surface area (Å²) in [6.07, 6.45) is 2.72. The van der Waals surface area contributed by atoms with Gasteiger partial charge >= 0.3 is 6.09 Å². The zero-order valence-electron chi connectivity index (χ0n) is 13.1. The summed E-state index contributed by atoms with van der Waals surface area (Å²) in [5.74, 6) is 0.661. The van der Waals surface area contributed by atoms with Crippen molar-refractivity contribution >= 4 is 11.8 Å². The van der Waals surface area contributed by atoms with Gasteiger partial charge in [-0.3, -0.25) is 9.88 Å². The van der Waals surface area contributed by atoms with Crippen LogP contribution in [0.2, 0.25) is 0 Å². The fourth-order valence-electron chi connectivity index (χ4n) is 1.83. The third-order valence-electron chi connectivity index (χ3n) is 2.84. The van der Waals surface area contributed by atoms with Crippen LogP contribution in [0.5, 0.6) is 0 Å². The summed E-state index contributed by atoms with van der Waals surface area (Å²) in [5, 5.41) is 0. The molecule has 0 unspecified atom stereocenters. The Morgan fingerprint density at radius 1 is 1.36 bits per heavy atom. The number of nitrogens with two attached hydrogens (primary N) is 1. The van der Waals surface area contributed by atoms with Gasteiger partial charge in [0.25, 0.3) is 0 Å². The molecule has 2 heterocycles. The monoisotopic (exact) mass is 303 g/mol. The lowest BCUT2D eigenvalue weighted by atomic mass is 10.2. The number of carbonyl (C=O) groups is 1. The Kier molecular flexibility index (Phi) is 4.82. The molecule has 0 saturated heterocycles. The Hall–Kier alpha value is -2.34. The molecule has 0 aromatic carbocycles. The van der Waals surface area contributed by atoms with Crippen molar-refractivity contribution in [2.24, 2.45) is 5.73 Å². The zero-order chi connectivity index (χ0) is 16.2. The lowest BCUT2D eigenvalue weighted by Gasteiger charge is -2.26. The Morgan fingerprint density at radius 3 is 2.64 bits per heavy atom. The molecule has 2 aromatic rings. The highest BCUT2D eigenvalue weighted by Gasteiger charge is 2.24. The SMILES string of the molecule is CC(C)(C)OC(=O)N(Cc1ccco1)c1ccc(CN)nc1. The van der Waals surface area contributed by atoms with Crippen molar-refractivity contribution in [3.63, 3.8) is 0 Å². The van der Waals surface area contributed by atoms with Gasteiger partial charge in [-0.15, -0.1) is 0 Å². The lowest BCUT2D eigenvalue weighted by molar-refractivity contribution is 0.0575. The minimum Gasteiger partial charge on any atom is -0.467 e. The second kappa shape index (κ2) is 6.62. The minimum absolute atomic E-state index is 0.269. The summed E-state index contributed by atoms with van der Waals surface area (Å²) >= 11 is 0. The highest BCUT2D eigenvalue weighted by molar-refractivity contribution is 5.87. The Balaban J connectivity index is 2.25. The molecule has 6 heteroatoms. The Bertz CT molecular complexity index is 601. The first-order chi connectivity index (χ1) is 10.4. The van der Waals surface area contributed by atoms with Crippen molar-refractivity contribution in [2.45, 2.75) is 39.5 Å². The summed E-state index contributed by atoms with van der Waals surface area (Å²) in [5.41, 5.74) is 6.35. The Labute approximate surface area is 129 Å². The van der Waals surface area contributed by atoms with Crippen LogP contribution in [0, 0.1) is 0 Å². The Morgan fingerprint density at radius 2 is 2.14 bits per heavy atom. The molecule has 0 spiro atoms. The smallest absolute Gasteiger partial charge is 0.415 e. The maximum absolute atomic E-state index is 12.4. The second-order valence-electron chi connectivity index (χ2n) is 5.86. The fourth-order valence-corrected chi connectivity index (χ4v) is 1.83. The number of aromatic nitrogens is 1. The van der Waals surface area contributed by atoms with E-state index in [2.05, 4.69) is 4.98 Å². The average Bonchev–Trinajstić information content (AvgIpc) is 2.96. The van der Waals surface area contributed by atoms with Gasteiger partial charge in [0.1, 0.15) is 11.4 Å². The van der Waals surface area contributed by atoms with E-state index in [0.717, 1.165) is 5.69 Å². The van der Waals surface area contributed by atoms with E-state index in [9.17, 15) is 4.79 Å². The summed E-state index contributed by atoms with van der Waals surface area (Å²) in [7, 11) is 0. The molecule has 0 aliphatic carbocycles. The van der Waals surface area contributed by atoms with Crippen molar-refractivity contribution in [1.82, 2.24) is 4.98 Å². The summed E-state index contributed by atoms with van der Waals surface area (Å²) < 4.78 is 10.8. The molecule has 2 aromatic heterocycles. The normalized spacial score (nSPS) is 11.3. The van der Waals surface area contributed by atoms with Crippen LogP contribution >= 0.6 is 0 Å². The number of ether oxygens (including phenoxy) is 1. The highest BCUT2D eigenvalue weighted by Crippen LogP contribution is 2.20. The van der Waals surface area contributed by atoms with E-state index < -0.39 is 11.7 Å². The molecule has 118 valence electrons. The van der Waals surface area contributed by atoms with Gasteiger partial charge < -0.3 is 14.9 Å². The molecule has 0 bridgehead atoms.